The van der Waals surface area contributed by atoms with Crippen molar-refractivity contribution in [3.63, 3.8) is 0 Å². The van der Waals surface area contributed by atoms with Crippen molar-refractivity contribution in [1.29, 1.82) is 0 Å². The van der Waals surface area contributed by atoms with Crippen molar-refractivity contribution >= 4 is 21.5 Å². The van der Waals surface area contributed by atoms with Crippen molar-refractivity contribution in [3.05, 3.63) is 76.6 Å². The molecule has 2 aromatic carbocycles. The van der Waals surface area contributed by atoms with Gasteiger partial charge in [0.2, 0.25) is 0 Å². The standard InChI is InChI=1S/C19H13F3N4O3S/c20-19(21,22)13-10-15(12-6-2-1-3-7-12)24-26(18(13)27)11-17-23-14-8-4-5-9-16(14)30(28,29)25-17/h1-10H,11H2,(H,23,25). The van der Waals surface area contributed by atoms with Gasteiger partial charge in [-0.2, -0.15) is 26.7 Å². The molecule has 0 unspecified atom stereocenters. The molecular weight excluding hydrogens is 421 g/mol. The lowest BCUT2D eigenvalue weighted by molar-refractivity contribution is -0.139. The van der Waals surface area contributed by atoms with Crippen LogP contribution in [0, 0.1) is 0 Å². The van der Waals surface area contributed by atoms with Gasteiger partial charge in [0.15, 0.2) is 0 Å². The maximum Gasteiger partial charge on any atom is 0.421 e. The fraction of sp³-hybridized carbons (Fsp3) is 0.105. The number of nitrogens with one attached hydrogen (secondary N) is 1. The van der Waals surface area contributed by atoms with Gasteiger partial charge in [-0.3, -0.25) is 4.79 Å². The van der Waals surface area contributed by atoms with Crippen molar-refractivity contribution in [1.82, 2.24) is 9.78 Å². The van der Waals surface area contributed by atoms with Crippen LogP contribution >= 0.6 is 0 Å². The van der Waals surface area contributed by atoms with Gasteiger partial charge in [-0.1, -0.05) is 42.5 Å². The second-order valence-electron chi connectivity index (χ2n) is 6.40. The Hall–Kier alpha value is -3.47. The molecule has 0 fully saturated rings. The third kappa shape index (κ3) is 3.71. The normalized spacial score (nSPS) is 15.1. The first kappa shape index (κ1) is 19.8. The summed E-state index contributed by atoms with van der Waals surface area (Å²) in [5, 5.41) is 6.74. The minimum atomic E-state index is -4.91. The molecule has 7 nitrogen and oxygen atoms in total. The summed E-state index contributed by atoms with van der Waals surface area (Å²) < 4.78 is 69.2. The summed E-state index contributed by atoms with van der Waals surface area (Å²) in [6, 6.07) is 14.6. The summed E-state index contributed by atoms with van der Waals surface area (Å²) >= 11 is 0. The summed E-state index contributed by atoms with van der Waals surface area (Å²) in [5.41, 5.74) is -2.31. The molecule has 1 N–H and O–H groups in total. The van der Waals surface area contributed by atoms with E-state index < -0.39 is 33.9 Å². The predicted octanol–water partition coefficient (Wildman–Crippen LogP) is 3.14. The van der Waals surface area contributed by atoms with Crippen LogP contribution in [0.4, 0.5) is 18.9 Å². The Labute approximate surface area is 168 Å². The van der Waals surface area contributed by atoms with Gasteiger partial charge >= 0.3 is 6.18 Å². The number of nitrogens with zero attached hydrogens (tertiary/aromatic N) is 3. The third-order valence-electron chi connectivity index (χ3n) is 4.32. The van der Waals surface area contributed by atoms with Gasteiger partial charge in [-0.25, -0.2) is 4.68 Å². The van der Waals surface area contributed by atoms with E-state index in [2.05, 4.69) is 14.8 Å². The molecule has 1 aliphatic heterocycles. The zero-order valence-corrected chi connectivity index (χ0v) is 15.9. The van der Waals surface area contributed by atoms with Crippen molar-refractivity contribution in [2.24, 2.45) is 4.40 Å². The first-order valence-electron chi connectivity index (χ1n) is 8.60. The molecule has 0 saturated heterocycles. The molecule has 3 aromatic rings. The molecule has 30 heavy (non-hydrogen) atoms. The van der Waals surface area contributed by atoms with E-state index in [9.17, 15) is 26.4 Å². The highest BCUT2D eigenvalue weighted by Crippen LogP contribution is 2.29. The Kier molecular flexibility index (Phi) is 4.69. The van der Waals surface area contributed by atoms with E-state index in [1.807, 2.05) is 0 Å². The zero-order chi connectivity index (χ0) is 21.5. The van der Waals surface area contributed by atoms with E-state index in [0.29, 0.717) is 16.3 Å². The Morgan fingerprint density at radius 1 is 1.00 bits per heavy atom. The smallest absolute Gasteiger partial charge is 0.340 e. The van der Waals surface area contributed by atoms with Crippen LogP contribution in [0.5, 0.6) is 0 Å². The summed E-state index contributed by atoms with van der Waals surface area (Å²) in [6.07, 6.45) is -4.91. The number of alkyl halides is 3. The largest absolute Gasteiger partial charge is 0.421 e. The number of hydrogen-bond acceptors (Lipinski definition) is 5. The third-order valence-corrected chi connectivity index (χ3v) is 5.70. The SMILES string of the molecule is O=c1c(C(F)(F)F)cc(-c2ccccc2)nn1CC1=NS(=O)(=O)c2ccccc2N1. The molecule has 0 atom stereocenters. The second kappa shape index (κ2) is 7.10. The molecule has 0 spiro atoms. The number of sulfonamides is 1. The number of fused-ring (bicyclic) bond motifs is 1. The quantitative estimate of drug-likeness (QED) is 0.684. The molecule has 0 radical (unpaired) electrons. The first-order valence-corrected chi connectivity index (χ1v) is 10.0. The second-order valence-corrected chi connectivity index (χ2v) is 7.98. The topological polar surface area (TPSA) is 93.4 Å². The number of amidine groups is 1. The lowest BCUT2D eigenvalue weighted by Crippen LogP contribution is -2.36. The number of benzene rings is 2. The summed E-state index contributed by atoms with van der Waals surface area (Å²) in [6.45, 7) is -0.587. The maximum absolute atomic E-state index is 13.4. The Bertz CT molecular complexity index is 1320. The van der Waals surface area contributed by atoms with E-state index in [1.165, 1.54) is 18.2 Å². The van der Waals surface area contributed by atoms with Crippen LogP contribution in [0.2, 0.25) is 0 Å². The molecule has 1 aromatic heterocycles. The number of hydrogen-bond donors (Lipinski definition) is 1. The molecule has 0 amide bonds. The number of para-hydroxylation sites is 1. The highest BCUT2D eigenvalue weighted by molar-refractivity contribution is 7.90. The van der Waals surface area contributed by atoms with E-state index in [4.69, 9.17) is 0 Å². The molecule has 1 aliphatic rings. The molecule has 154 valence electrons. The van der Waals surface area contributed by atoms with Crippen molar-refractivity contribution in [3.8, 4) is 11.3 Å². The number of anilines is 1. The van der Waals surface area contributed by atoms with E-state index in [1.54, 1.807) is 36.4 Å². The summed E-state index contributed by atoms with van der Waals surface area (Å²) in [7, 11) is -4.06. The Morgan fingerprint density at radius 2 is 1.67 bits per heavy atom. The van der Waals surface area contributed by atoms with E-state index in [0.717, 1.165) is 0 Å². The van der Waals surface area contributed by atoms with Gasteiger partial charge in [0.1, 0.15) is 22.8 Å². The van der Waals surface area contributed by atoms with Crippen LogP contribution in [0.15, 0.2) is 74.8 Å². The monoisotopic (exact) mass is 434 g/mol. The lowest BCUT2D eigenvalue weighted by Gasteiger charge is -2.19. The minimum Gasteiger partial charge on any atom is -0.340 e. The average Bonchev–Trinajstić information content (AvgIpc) is 2.69. The molecule has 0 bridgehead atoms. The van der Waals surface area contributed by atoms with Gasteiger partial charge in [0.05, 0.1) is 11.4 Å². The number of aromatic nitrogens is 2. The van der Waals surface area contributed by atoms with Crippen LogP contribution in [0.25, 0.3) is 11.3 Å². The number of halogens is 3. The minimum absolute atomic E-state index is 0.0666. The number of rotatable bonds is 3. The van der Waals surface area contributed by atoms with Crippen LogP contribution in [-0.4, -0.2) is 24.0 Å². The Balaban J connectivity index is 1.82. The predicted molar refractivity (Wildman–Crippen MR) is 104 cm³/mol. The Morgan fingerprint density at radius 3 is 2.37 bits per heavy atom. The van der Waals surface area contributed by atoms with Crippen molar-refractivity contribution in [2.75, 3.05) is 5.32 Å². The van der Waals surface area contributed by atoms with Crippen molar-refractivity contribution < 1.29 is 21.6 Å². The van der Waals surface area contributed by atoms with Gasteiger partial charge in [0, 0.05) is 5.56 Å². The van der Waals surface area contributed by atoms with Gasteiger partial charge in [0.25, 0.3) is 15.6 Å². The van der Waals surface area contributed by atoms with Crippen LogP contribution in [-0.2, 0) is 22.7 Å². The van der Waals surface area contributed by atoms with Crippen LogP contribution < -0.4 is 10.9 Å². The fourth-order valence-electron chi connectivity index (χ4n) is 2.98. The lowest BCUT2D eigenvalue weighted by atomic mass is 10.1. The van der Waals surface area contributed by atoms with Crippen molar-refractivity contribution in [2.45, 2.75) is 17.6 Å². The maximum atomic E-state index is 13.4. The van der Waals surface area contributed by atoms with Gasteiger partial charge in [-0.15, -0.1) is 4.40 Å². The average molecular weight is 434 g/mol. The molecular formula is C19H13F3N4O3S. The van der Waals surface area contributed by atoms with E-state index >= 15 is 0 Å². The summed E-state index contributed by atoms with van der Waals surface area (Å²) in [5.74, 6) is -0.221. The zero-order valence-electron chi connectivity index (χ0n) is 15.1. The molecule has 4 rings (SSSR count). The van der Waals surface area contributed by atoms with Gasteiger partial charge in [-0.05, 0) is 18.2 Å². The molecule has 0 saturated carbocycles. The van der Waals surface area contributed by atoms with Crippen LogP contribution in [0.1, 0.15) is 5.56 Å². The van der Waals surface area contributed by atoms with Gasteiger partial charge < -0.3 is 5.32 Å². The highest BCUT2D eigenvalue weighted by atomic mass is 32.2. The summed E-state index contributed by atoms with van der Waals surface area (Å²) in [4.78, 5) is 12.4. The fourth-order valence-corrected chi connectivity index (χ4v) is 4.12. The molecule has 0 aliphatic carbocycles. The van der Waals surface area contributed by atoms with E-state index in [-0.39, 0.29) is 22.1 Å². The highest BCUT2D eigenvalue weighted by Gasteiger charge is 2.36. The van der Waals surface area contributed by atoms with Crippen LogP contribution in [0.3, 0.4) is 0 Å². The first-order chi connectivity index (χ1) is 14.1. The molecule has 2 heterocycles. The molecule has 11 heteroatoms.